The molecule has 0 heterocycles. The van der Waals surface area contributed by atoms with Crippen molar-refractivity contribution in [1.82, 2.24) is 0 Å². The Kier molecular flexibility index (Phi) is 3.64. The maximum absolute atomic E-state index is 11.3. The Morgan fingerprint density at radius 1 is 1.00 bits per heavy atom. The summed E-state index contributed by atoms with van der Waals surface area (Å²) in [5.74, 6) is 0. The first-order chi connectivity index (χ1) is 9.02. The van der Waals surface area contributed by atoms with Gasteiger partial charge in [-0.15, -0.1) is 0 Å². The van der Waals surface area contributed by atoms with Crippen LogP contribution in [0.1, 0.15) is 11.1 Å². The Morgan fingerprint density at radius 3 is 2.21 bits per heavy atom. The molecule has 0 aliphatic rings. The summed E-state index contributed by atoms with van der Waals surface area (Å²) in [5.41, 5.74) is 1.43. The zero-order chi connectivity index (χ0) is 13.9. The molecule has 0 aliphatic heterocycles. The smallest absolute Gasteiger partial charge is 0.238 e. The van der Waals surface area contributed by atoms with Gasteiger partial charge in [0, 0.05) is 11.1 Å². The number of nitrogens with two attached hydrogens (primary N) is 1. The van der Waals surface area contributed by atoms with E-state index in [1.54, 1.807) is 36.4 Å². The number of hydrogen-bond acceptors (Lipinski definition) is 4. The molecule has 2 aromatic rings. The number of sulfonamides is 1. The summed E-state index contributed by atoms with van der Waals surface area (Å²) >= 11 is 0. The topological polar surface area (TPSA) is 92.8 Å². The van der Waals surface area contributed by atoms with Crippen LogP contribution in [0, 0.1) is 0 Å². The Bertz CT molecular complexity index is 710. The van der Waals surface area contributed by atoms with Gasteiger partial charge in [0.2, 0.25) is 10.0 Å². The Morgan fingerprint density at radius 2 is 1.63 bits per heavy atom. The van der Waals surface area contributed by atoms with Crippen molar-refractivity contribution in [1.29, 1.82) is 0 Å². The second-order valence-corrected chi connectivity index (χ2v) is 5.45. The standard InChI is InChI=1S/C13H12N2O3S/c14-19(17,18)12-8-4-7-11(9-12)13(15-16)10-5-2-1-3-6-10/h1-9,16H,(H2,14,17,18). The van der Waals surface area contributed by atoms with Crippen LogP contribution in [-0.4, -0.2) is 19.3 Å². The SMILES string of the molecule is NS(=O)(=O)c1cccc(C(=NO)c2ccccc2)c1. The zero-order valence-corrected chi connectivity index (χ0v) is 10.7. The van der Waals surface area contributed by atoms with Crippen molar-refractivity contribution < 1.29 is 13.6 Å². The van der Waals surface area contributed by atoms with Gasteiger partial charge in [0.1, 0.15) is 5.71 Å². The van der Waals surface area contributed by atoms with E-state index in [0.29, 0.717) is 11.1 Å². The highest BCUT2D eigenvalue weighted by Gasteiger charge is 2.12. The number of oxime groups is 1. The van der Waals surface area contributed by atoms with E-state index in [2.05, 4.69) is 5.16 Å². The third-order valence-corrected chi connectivity index (χ3v) is 3.49. The monoisotopic (exact) mass is 276 g/mol. The summed E-state index contributed by atoms with van der Waals surface area (Å²) in [6.45, 7) is 0. The number of primary sulfonamides is 1. The van der Waals surface area contributed by atoms with Gasteiger partial charge in [0.25, 0.3) is 0 Å². The first-order valence-electron chi connectivity index (χ1n) is 5.43. The molecule has 0 saturated carbocycles. The fraction of sp³-hybridized carbons (Fsp3) is 0. The summed E-state index contributed by atoms with van der Waals surface area (Å²) in [7, 11) is -3.79. The second-order valence-electron chi connectivity index (χ2n) is 3.89. The van der Waals surface area contributed by atoms with Crippen LogP contribution >= 0.6 is 0 Å². The highest BCUT2D eigenvalue weighted by Crippen LogP contribution is 2.15. The third-order valence-electron chi connectivity index (χ3n) is 2.58. The molecule has 0 radical (unpaired) electrons. The maximum atomic E-state index is 11.3. The van der Waals surface area contributed by atoms with Crippen molar-refractivity contribution in [2.24, 2.45) is 10.3 Å². The second kappa shape index (κ2) is 5.21. The molecular weight excluding hydrogens is 264 g/mol. The average Bonchev–Trinajstić information content (AvgIpc) is 2.40. The lowest BCUT2D eigenvalue weighted by atomic mass is 10.0. The molecular formula is C13H12N2O3S. The van der Waals surface area contributed by atoms with Crippen LogP contribution in [0.4, 0.5) is 0 Å². The van der Waals surface area contributed by atoms with E-state index in [4.69, 9.17) is 10.3 Å². The highest BCUT2D eigenvalue weighted by atomic mass is 32.2. The van der Waals surface area contributed by atoms with E-state index in [1.165, 1.54) is 12.1 Å². The van der Waals surface area contributed by atoms with Crippen LogP contribution in [0.15, 0.2) is 64.6 Å². The maximum Gasteiger partial charge on any atom is 0.238 e. The van der Waals surface area contributed by atoms with E-state index < -0.39 is 10.0 Å². The van der Waals surface area contributed by atoms with E-state index in [1.807, 2.05) is 6.07 Å². The minimum Gasteiger partial charge on any atom is -0.410 e. The summed E-state index contributed by atoms with van der Waals surface area (Å²) in [6.07, 6.45) is 0. The van der Waals surface area contributed by atoms with Crippen molar-refractivity contribution in [3.8, 4) is 0 Å². The minimum absolute atomic E-state index is 0.0259. The van der Waals surface area contributed by atoms with E-state index in [0.717, 1.165) is 0 Å². The lowest BCUT2D eigenvalue weighted by Crippen LogP contribution is -2.13. The summed E-state index contributed by atoms with van der Waals surface area (Å²) < 4.78 is 22.6. The van der Waals surface area contributed by atoms with Gasteiger partial charge in [0.05, 0.1) is 4.90 Å². The molecule has 0 fully saturated rings. The van der Waals surface area contributed by atoms with Crippen molar-refractivity contribution >= 4 is 15.7 Å². The fourth-order valence-corrected chi connectivity index (χ4v) is 2.26. The zero-order valence-electron chi connectivity index (χ0n) is 9.89. The lowest BCUT2D eigenvalue weighted by Gasteiger charge is -2.06. The van der Waals surface area contributed by atoms with Crippen molar-refractivity contribution in [2.45, 2.75) is 4.90 Å². The van der Waals surface area contributed by atoms with Crippen LogP contribution < -0.4 is 5.14 Å². The molecule has 98 valence electrons. The molecule has 0 aromatic heterocycles. The summed E-state index contributed by atoms with van der Waals surface area (Å²) in [4.78, 5) is -0.0259. The molecule has 0 atom stereocenters. The normalized spacial score (nSPS) is 12.4. The number of benzene rings is 2. The highest BCUT2D eigenvalue weighted by molar-refractivity contribution is 7.89. The van der Waals surface area contributed by atoms with Gasteiger partial charge >= 0.3 is 0 Å². The van der Waals surface area contributed by atoms with Gasteiger partial charge in [-0.25, -0.2) is 13.6 Å². The van der Waals surface area contributed by atoms with Gasteiger partial charge < -0.3 is 5.21 Å². The predicted molar refractivity (Wildman–Crippen MR) is 71.7 cm³/mol. The molecule has 0 spiro atoms. The van der Waals surface area contributed by atoms with Crippen LogP contribution in [0.3, 0.4) is 0 Å². The quantitative estimate of drug-likeness (QED) is 0.506. The molecule has 5 nitrogen and oxygen atoms in total. The Hall–Kier alpha value is -2.18. The molecule has 0 amide bonds. The summed E-state index contributed by atoms with van der Waals surface area (Å²) in [6, 6.07) is 14.9. The van der Waals surface area contributed by atoms with Crippen LogP contribution in [-0.2, 0) is 10.0 Å². The fourth-order valence-electron chi connectivity index (χ4n) is 1.70. The van der Waals surface area contributed by atoms with E-state index in [9.17, 15) is 8.42 Å². The third kappa shape index (κ3) is 2.98. The minimum atomic E-state index is -3.79. The molecule has 6 heteroatoms. The number of nitrogens with zero attached hydrogens (tertiary/aromatic N) is 1. The van der Waals surface area contributed by atoms with Gasteiger partial charge in [0.15, 0.2) is 0 Å². The van der Waals surface area contributed by atoms with Gasteiger partial charge in [-0.3, -0.25) is 0 Å². The molecule has 0 saturated heterocycles. The van der Waals surface area contributed by atoms with E-state index in [-0.39, 0.29) is 10.6 Å². The first kappa shape index (κ1) is 13.3. The molecule has 0 bridgehead atoms. The van der Waals surface area contributed by atoms with Crippen molar-refractivity contribution in [3.63, 3.8) is 0 Å². The molecule has 2 aromatic carbocycles. The molecule has 2 rings (SSSR count). The average molecular weight is 276 g/mol. The van der Waals surface area contributed by atoms with Crippen LogP contribution in [0.5, 0.6) is 0 Å². The van der Waals surface area contributed by atoms with Crippen LogP contribution in [0.25, 0.3) is 0 Å². The van der Waals surface area contributed by atoms with Gasteiger partial charge in [-0.05, 0) is 12.1 Å². The van der Waals surface area contributed by atoms with Crippen molar-refractivity contribution in [3.05, 3.63) is 65.7 Å². The number of hydrogen-bond donors (Lipinski definition) is 2. The Balaban J connectivity index is 2.53. The molecule has 0 unspecified atom stereocenters. The number of rotatable bonds is 3. The van der Waals surface area contributed by atoms with Gasteiger partial charge in [-0.2, -0.15) is 0 Å². The largest absolute Gasteiger partial charge is 0.410 e. The van der Waals surface area contributed by atoms with Gasteiger partial charge in [-0.1, -0.05) is 47.6 Å². The Labute approximate surface area is 111 Å². The lowest BCUT2D eigenvalue weighted by molar-refractivity contribution is 0.319. The van der Waals surface area contributed by atoms with Crippen LogP contribution in [0.2, 0.25) is 0 Å². The van der Waals surface area contributed by atoms with E-state index >= 15 is 0 Å². The predicted octanol–water partition coefficient (Wildman–Crippen LogP) is 1.56. The summed E-state index contributed by atoms with van der Waals surface area (Å²) in [5, 5.41) is 17.4. The molecule has 3 N–H and O–H groups in total. The molecule has 0 aliphatic carbocycles. The molecule has 19 heavy (non-hydrogen) atoms. The van der Waals surface area contributed by atoms with Crippen molar-refractivity contribution in [2.75, 3.05) is 0 Å². The first-order valence-corrected chi connectivity index (χ1v) is 6.98.